The van der Waals surface area contributed by atoms with Crippen LogP contribution in [0.3, 0.4) is 0 Å². The van der Waals surface area contributed by atoms with Gasteiger partial charge >= 0.3 is 0 Å². The molecule has 0 bridgehead atoms. The quantitative estimate of drug-likeness (QED) is 0.522. The summed E-state index contributed by atoms with van der Waals surface area (Å²) in [6.07, 6.45) is 2.65. The summed E-state index contributed by atoms with van der Waals surface area (Å²) in [6, 6.07) is 7.30. The van der Waals surface area contributed by atoms with Gasteiger partial charge in [0, 0.05) is 57.6 Å². The highest BCUT2D eigenvalue weighted by atomic mass is 32.2. The molecular weight excluding hydrogens is 472 g/mol. The number of aromatic nitrogens is 1. The molecule has 3 rings (SSSR count). The second kappa shape index (κ2) is 10.5. The molecule has 0 radical (unpaired) electrons. The smallest absolute Gasteiger partial charge is 0.243 e. The Morgan fingerprint density at radius 3 is 2.30 bits per heavy atom. The van der Waals surface area contributed by atoms with Crippen LogP contribution in [-0.4, -0.2) is 83.9 Å². The third-order valence-electron chi connectivity index (χ3n) is 5.16. The lowest BCUT2D eigenvalue weighted by Gasteiger charge is -2.34. The predicted molar refractivity (Wildman–Crippen MR) is 119 cm³/mol. The highest BCUT2D eigenvalue weighted by Crippen LogP contribution is 2.30. The van der Waals surface area contributed by atoms with Gasteiger partial charge in [-0.15, -0.1) is 0 Å². The fourth-order valence-corrected chi connectivity index (χ4v) is 5.78. The van der Waals surface area contributed by atoms with Crippen LogP contribution < -0.4 is 14.2 Å². The maximum Gasteiger partial charge on any atom is 0.243 e. The number of carbonyl (C=O) groups excluding carboxylic acids is 1. The minimum atomic E-state index is -3.77. The van der Waals surface area contributed by atoms with E-state index in [0.29, 0.717) is 11.5 Å². The van der Waals surface area contributed by atoms with Crippen LogP contribution >= 0.6 is 0 Å². The number of amides is 1. The maximum absolute atomic E-state index is 13.0. The molecule has 0 saturated carbocycles. The van der Waals surface area contributed by atoms with Crippen LogP contribution in [0.2, 0.25) is 0 Å². The minimum absolute atomic E-state index is 0.0198. The molecule has 1 aromatic carbocycles. The zero-order valence-corrected chi connectivity index (χ0v) is 19.9. The van der Waals surface area contributed by atoms with Gasteiger partial charge in [0.1, 0.15) is 4.90 Å². The Morgan fingerprint density at radius 1 is 1.00 bits per heavy atom. The molecule has 1 fully saturated rings. The van der Waals surface area contributed by atoms with Gasteiger partial charge in [-0.1, -0.05) is 0 Å². The van der Waals surface area contributed by atoms with Crippen molar-refractivity contribution in [1.29, 1.82) is 0 Å². The fraction of sp³-hybridized carbons (Fsp3) is 0.400. The summed E-state index contributed by atoms with van der Waals surface area (Å²) in [5.41, 5.74) is 0. The van der Waals surface area contributed by atoms with Gasteiger partial charge in [-0.05, 0) is 24.3 Å². The third kappa shape index (κ3) is 5.79. The molecule has 1 N–H and O–H groups in total. The molecular formula is C20H26N4O7S2. The predicted octanol–water partition coefficient (Wildman–Crippen LogP) is 0.300. The van der Waals surface area contributed by atoms with Gasteiger partial charge in [-0.25, -0.2) is 21.6 Å². The van der Waals surface area contributed by atoms with Gasteiger partial charge in [0.05, 0.1) is 19.1 Å². The zero-order valence-electron chi connectivity index (χ0n) is 18.3. The van der Waals surface area contributed by atoms with Crippen LogP contribution in [0.1, 0.15) is 6.42 Å². The number of carbonyl (C=O) groups is 1. The second-order valence-electron chi connectivity index (χ2n) is 7.14. The molecule has 11 nitrogen and oxygen atoms in total. The Kier molecular flexibility index (Phi) is 7.89. The number of nitrogens with zero attached hydrogens (tertiary/aromatic N) is 3. The molecule has 0 spiro atoms. The lowest BCUT2D eigenvalue weighted by atomic mass is 10.3. The molecule has 2 aromatic rings. The fourth-order valence-electron chi connectivity index (χ4n) is 3.34. The number of methoxy groups -OCH3 is 2. The van der Waals surface area contributed by atoms with E-state index in [9.17, 15) is 21.6 Å². The van der Waals surface area contributed by atoms with E-state index in [1.165, 1.54) is 66.2 Å². The van der Waals surface area contributed by atoms with Crippen LogP contribution in [0.25, 0.3) is 0 Å². The Hall–Kier alpha value is -2.74. The molecule has 180 valence electrons. The number of hydrogen-bond donors (Lipinski definition) is 1. The largest absolute Gasteiger partial charge is 0.493 e. The van der Waals surface area contributed by atoms with Crippen molar-refractivity contribution in [1.82, 2.24) is 18.9 Å². The van der Waals surface area contributed by atoms with Gasteiger partial charge in [0.2, 0.25) is 26.0 Å². The summed E-state index contributed by atoms with van der Waals surface area (Å²) in [5.74, 6) is 0.471. The number of benzene rings is 1. The monoisotopic (exact) mass is 498 g/mol. The standard InChI is InChI=1S/C20H26N4O7S2/c1-30-18-6-5-16(14-19(18)31-2)33(28,29)24-12-10-23(11-13-24)20(25)7-9-22-32(26,27)17-4-3-8-21-15-17/h3-6,8,14-15,22H,7,9-13H2,1-2H3. The summed E-state index contributed by atoms with van der Waals surface area (Å²) in [6.45, 7) is 0.606. The first-order valence-electron chi connectivity index (χ1n) is 10.1. The van der Waals surface area contributed by atoms with E-state index >= 15 is 0 Å². The van der Waals surface area contributed by atoms with E-state index in [-0.39, 0.29) is 54.8 Å². The number of hydrogen-bond acceptors (Lipinski definition) is 8. The van der Waals surface area contributed by atoms with Crippen molar-refractivity contribution in [3.8, 4) is 11.5 Å². The normalized spacial score (nSPS) is 15.3. The van der Waals surface area contributed by atoms with Gasteiger partial charge in [-0.3, -0.25) is 9.78 Å². The molecule has 2 heterocycles. The lowest BCUT2D eigenvalue weighted by Crippen LogP contribution is -2.50. The van der Waals surface area contributed by atoms with Crippen LogP contribution in [0.4, 0.5) is 0 Å². The summed E-state index contributed by atoms with van der Waals surface area (Å²) in [5, 5.41) is 0. The van der Waals surface area contributed by atoms with Gasteiger partial charge in [0.25, 0.3) is 0 Å². The van der Waals surface area contributed by atoms with Crippen molar-refractivity contribution in [2.75, 3.05) is 46.9 Å². The number of rotatable bonds is 9. The lowest BCUT2D eigenvalue weighted by molar-refractivity contribution is -0.132. The van der Waals surface area contributed by atoms with Crippen LogP contribution in [0.15, 0.2) is 52.5 Å². The molecule has 0 aliphatic carbocycles. The molecule has 0 atom stereocenters. The third-order valence-corrected chi connectivity index (χ3v) is 8.50. The van der Waals surface area contributed by atoms with Gasteiger partial charge < -0.3 is 14.4 Å². The van der Waals surface area contributed by atoms with E-state index in [0.717, 1.165) is 0 Å². The van der Waals surface area contributed by atoms with Gasteiger partial charge in [-0.2, -0.15) is 4.31 Å². The number of piperazine rings is 1. The summed E-state index contributed by atoms with van der Waals surface area (Å²) in [4.78, 5) is 17.9. The maximum atomic E-state index is 13.0. The average molecular weight is 499 g/mol. The SMILES string of the molecule is COc1ccc(S(=O)(=O)N2CCN(C(=O)CCNS(=O)(=O)c3cccnc3)CC2)cc1OC. The van der Waals surface area contributed by atoms with Gasteiger partial charge in [0.15, 0.2) is 11.5 Å². The molecule has 1 aliphatic heterocycles. The van der Waals surface area contributed by atoms with E-state index in [1.54, 1.807) is 0 Å². The molecule has 13 heteroatoms. The van der Waals surface area contributed by atoms with Crippen molar-refractivity contribution in [3.05, 3.63) is 42.7 Å². The first-order chi connectivity index (χ1) is 15.7. The molecule has 1 aromatic heterocycles. The van der Waals surface area contributed by atoms with E-state index in [2.05, 4.69) is 9.71 Å². The van der Waals surface area contributed by atoms with Crippen molar-refractivity contribution < 1.29 is 31.1 Å². The summed E-state index contributed by atoms with van der Waals surface area (Å²) < 4.78 is 64.4. The average Bonchev–Trinajstić information content (AvgIpc) is 2.84. The molecule has 1 saturated heterocycles. The minimum Gasteiger partial charge on any atom is -0.493 e. The Morgan fingerprint density at radius 2 is 1.70 bits per heavy atom. The van der Waals surface area contributed by atoms with Crippen LogP contribution in [-0.2, 0) is 24.8 Å². The van der Waals surface area contributed by atoms with Crippen molar-refractivity contribution >= 4 is 26.0 Å². The summed E-state index contributed by atoms with van der Waals surface area (Å²) >= 11 is 0. The molecule has 0 unspecified atom stereocenters. The number of nitrogens with one attached hydrogen (secondary N) is 1. The first-order valence-corrected chi connectivity index (χ1v) is 13.0. The molecule has 1 amide bonds. The van der Waals surface area contributed by atoms with Crippen molar-refractivity contribution in [2.45, 2.75) is 16.2 Å². The molecule has 33 heavy (non-hydrogen) atoms. The molecule has 1 aliphatic rings. The summed E-state index contributed by atoms with van der Waals surface area (Å²) in [7, 11) is -4.63. The number of sulfonamides is 2. The van der Waals surface area contributed by atoms with Crippen LogP contribution in [0, 0.1) is 0 Å². The Balaban J connectivity index is 1.54. The Bertz CT molecular complexity index is 1180. The van der Waals surface area contributed by atoms with E-state index in [1.807, 2.05) is 0 Å². The van der Waals surface area contributed by atoms with Crippen molar-refractivity contribution in [3.63, 3.8) is 0 Å². The number of ether oxygens (including phenoxy) is 2. The van der Waals surface area contributed by atoms with Crippen molar-refractivity contribution in [2.24, 2.45) is 0 Å². The van der Waals surface area contributed by atoms with E-state index < -0.39 is 20.0 Å². The highest BCUT2D eigenvalue weighted by Gasteiger charge is 2.30. The highest BCUT2D eigenvalue weighted by molar-refractivity contribution is 7.89. The first kappa shape index (κ1) is 24.9. The van der Waals surface area contributed by atoms with Crippen LogP contribution in [0.5, 0.6) is 11.5 Å². The second-order valence-corrected chi connectivity index (χ2v) is 10.8. The number of pyridine rings is 1. The zero-order chi connectivity index (χ0) is 24.1. The Labute approximate surface area is 193 Å². The van der Waals surface area contributed by atoms with E-state index in [4.69, 9.17) is 9.47 Å². The topological polar surface area (TPSA) is 135 Å².